The molecule has 1 aliphatic heterocycles. The summed E-state index contributed by atoms with van der Waals surface area (Å²) in [5, 5.41) is 9.04. The van der Waals surface area contributed by atoms with Gasteiger partial charge in [0, 0.05) is 21.1 Å². The van der Waals surface area contributed by atoms with E-state index >= 15 is 0 Å². The van der Waals surface area contributed by atoms with Crippen LogP contribution < -0.4 is 0 Å². The van der Waals surface area contributed by atoms with Gasteiger partial charge in [0.25, 0.3) is 0 Å². The van der Waals surface area contributed by atoms with Crippen molar-refractivity contribution in [3.8, 4) is 10.4 Å². The minimum Gasteiger partial charge on any atom is -0.477 e. The van der Waals surface area contributed by atoms with Gasteiger partial charge in [-0.15, -0.1) is 23.1 Å². The number of hydrogen-bond acceptors (Lipinski definition) is 3. The maximum absolute atomic E-state index is 11.0. The lowest BCUT2D eigenvalue weighted by atomic mass is 10.1. The zero-order valence-corrected chi connectivity index (χ0v) is 10.8. The molecule has 0 aliphatic carbocycles. The van der Waals surface area contributed by atoms with Gasteiger partial charge in [0.2, 0.25) is 0 Å². The second kappa shape index (κ2) is 3.89. The summed E-state index contributed by atoms with van der Waals surface area (Å²) in [4.78, 5) is 13.8. The van der Waals surface area contributed by atoms with Crippen molar-refractivity contribution in [3.63, 3.8) is 0 Å². The molecular formula is C13H10O2S2. The van der Waals surface area contributed by atoms with Crippen molar-refractivity contribution in [3.05, 3.63) is 40.3 Å². The first-order valence-corrected chi connectivity index (χ1v) is 7.05. The van der Waals surface area contributed by atoms with Crippen LogP contribution in [0.1, 0.15) is 20.8 Å². The minimum atomic E-state index is -0.830. The minimum absolute atomic E-state index is 0.435. The lowest BCUT2D eigenvalue weighted by Crippen LogP contribution is -1.92. The molecule has 4 heteroatoms. The van der Waals surface area contributed by atoms with E-state index in [0.29, 0.717) is 4.88 Å². The van der Waals surface area contributed by atoms with E-state index in [0.717, 1.165) is 16.2 Å². The van der Waals surface area contributed by atoms with E-state index in [1.807, 2.05) is 0 Å². The van der Waals surface area contributed by atoms with Crippen LogP contribution in [0.15, 0.2) is 29.2 Å². The van der Waals surface area contributed by atoms with Gasteiger partial charge in [0.05, 0.1) is 0 Å². The summed E-state index contributed by atoms with van der Waals surface area (Å²) in [6.07, 6.45) is 0. The first-order valence-electron chi connectivity index (χ1n) is 5.25. The molecule has 1 aromatic carbocycles. The monoisotopic (exact) mass is 262 g/mol. The topological polar surface area (TPSA) is 37.3 Å². The first-order chi connectivity index (χ1) is 8.15. The predicted molar refractivity (Wildman–Crippen MR) is 71.0 cm³/mol. The average molecular weight is 262 g/mol. The lowest BCUT2D eigenvalue weighted by Gasteiger charge is -2.15. The lowest BCUT2D eigenvalue weighted by molar-refractivity contribution is 0.0702. The molecule has 0 atom stereocenters. The summed E-state index contributed by atoms with van der Waals surface area (Å²) in [5.74, 6) is 0.0402. The standard InChI is InChI=1S/C13H10O2S2/c1-7-2-3-10-9(4-7)12-8(6-16-10)5-11(17-12)13(14)15/h2-5H,6H2,1H3,(H,14,15). The van der Waals surface area contributed by atoms with Gasteiger partial charge in [0.15, 0.2) is 0 Å². The molecule has 1 aliphatic rings. The van der Waals surface area contributed by atoms with E-state index < -0.39 is 5.97 Å². The molecule has 0 amide bonds. The van der Waals surface area contributed by atoms with Crippen LogP contribution >= 0.6 is 23.1 Å². The molecule has 0 fully saturated rings. The summed E-state index contributed by atoms with van der Waals surface area (Å²) < 4.78 is 0. The van der Waals surface area contributed by atoms with Gasteiger partial charge in [-0.2, -0.15) is 0 Å². The van der Waals surface area contributed by atoms with E-state index in [-0.39, 0.29) is 0 Å². The Bertz CT molecular complexity index is 614. The Balaban J connectivity index is 2.21. The third-order valence-electron chi connectivity index (χ3n) is 2.78. The molecular weight excluding hydrogens is 252 g/mol. The molecule has 86 valence electrons. The third-order valence-corrected chi connectivity index (χ3v) is 5.10. The molecule has 2 heterocycles. The molecule has 17 heavy (non-hydrogen) atoms. The number of benzene rings is 1. The van der Waals surface area contributed by atoms with Crippen LogP contribution in [-0.2, 0) is 5.75 Å². The summed E-state index contributed by atoms with van der Waals surface area (Å²) in [6, 6.07) is 8.17. The van der Waals surface area contributed by atoms with Crippen LogP contribution in [0.5, 0.6) is 0 Å². The third kappa shape index (κ3) is 1.77. The normalized spacial score (nSPS) is 13.0. The fourth-order valence-corrected chi connectivity index (χ4v) is 4.20. The van der Waals surface area contributed by atoms with Crippen LogP contribution in [-0.4, -0.2) is 11.1 Å². The zero-order chi connectivity index (χ0) is 12.0. The van der Waals surface area contributed by atoms with Crippen molar-refractivity contribution >= 4 is 29.1 Å². The van der Waals surface area contributed by atoms with Crippen molar-refractivity contribution in [1.29, 1.82) is 0 Å². The van der Waals surface area contributed by atoms with Gasteiger partial charge >= 0.3 is 5.97 Å². The van der Waals surface area contributed by atoms with Crippen LogP contribution in [0.4, 0.5) is 0 Å². The fraction of sp³-hybridized carbons (Fsp3) is 0.154. The van der Waals surface area contributed by atoms with Crippen LogP contribution in [0.3, 0.4) is 0 Å². The predicted octanol–water partition coefficient (Wildman–Crippen LogP) is 4.03. The number of carboxylic acids is 1. The molecule has 3 rings (SSSR count). The van der Waals surface area contributed by atoms with Crippen molar-refractivity contribution < 1.29 is 9.90 Å². The second-order valence-corrected chi connectivity index (χ2v) is 6.13. The number of aryl methyl sites for hydroxylation is 1. The number of fused-ring (bicyclic) bond motifs is 3. The molecule has 0 saturated heterocycles. The SMILES string of the molecule is Cc1ccc2c(c1)-c1sc(C(=O)O)cc1CS2. The summed E-state index contributed by atoms with van der Waals surface area (Å²) >= 11 is 3.16. The Morgan fingerprint density at radius 1 is 1.35 bits per heavy atom. The van der Waals surface area contributed by atoms with E-state index in [1.165, 1.54) is 27.4 Å². The van der Waals surface area contributed by atoms with E-state index in [2.05, 4.69) is 25.1 Å². The van der Waals surface area contributed by atoms with E-state index in [9.17, 15) is 4.79 Å². The van der Waals surface area contributed by atoms with Gasteiger partial charge in [-0.05, 0) is 30.7 Å². The number of hydrogen-bond donors (Lipinski definition) is 1. The first kappa shape index (κ1) is 10.9. The smallest absolute Gasteiger partial charge is 0.345 e. The van der Waals surface area contributed by atoms with Gasteiger partial charge in [-0.1, -0.05) is 11.6 Å². The highest BCUT2D eigenvalue weighted by Crippen LogP contribution is 2.45. The van der Waals surface area contributed by atoms with Gasteiger partial charge in [-0.25, -0.2) is 4.79 Å². The summed E-state index contributed by atoms with van der Waals surface area (Å²) in [7, 11) is 0. The Labute approximate surface area is 107 Å². The van der Waals surface area contributed by atoms with Gasteiger partial charge < -0.3 is 5.11 Å². The number of thiophene rings is 1. The molecule has 0 spiro atoms. The van der Waals surface area contributed by atoms with Crippen LogP contribution in [0, 0.1) is 6.92 Å². The maximum atomic E-state index is 11.0. The van der Waals surface area contributed by atoms with Crippen molar-refractivity contribution in [1.82, 2.24) is 0 Å². The molecule has 0 bridgehead atoms. The Kier molecular flexibility index (Phi) is 2.49. The molecule has 0 saturated carbocycles. The molecule has 2 aromatic rings. The highest BCUT2D eigenvalue weighted by molar-refractivity contribution is 7.98. The fourth-order valence-electron chi connectivity index (χ4n) is 1.97. The molecule has 0 unspecified atom stereocenters. The maximum Gasteiger partial charge on any atom is 0.345 e. The second-order valence-electron chi connectivity index (χ2n) is 4.06. The molecule has 2 nitrogen and oxygen atoms in total. The number of thioether (sulfide) groups is 1. The van der Waals surface area contributed by atoms with Gasteiger partial charge in [-0.3, -0.25) is 0 Å². The van der Waals surface area contributed by atoms with Crippen molar-refractivity contribution in [2.75, 3.05) is 0 Å². The summed E-state index contributed by atoms with van der Waals surface area (Å²) in [5.41, 5.74) is 3.55. The Morgan fingerprint density at radius 2 is 2.18 bits per heavy atom. The van der Waals surface area contributed by atoms with Gasteiger partial charge in [0.1, 0.15) is 4.88 Å². The Hall–Kier alpha value is -1.26. The number of aromatic carboxylic acids is 1. The molecule has 1 N–H and O–H groups in total. The van der Waals surface area contributed by atoms with Crippen LogP contribution in [0.2, 0.25) is 0 Å². The number of carboxylic acid groups (broad SMARTS) is 1. The quantitative estimate of drug-likeness (QED) is 0.843. The molecule has 0 radical (unpaired) electrons. The van der Waals surface area contributed by atoms with E-state index in [4.69, 9.17) is 5.11 Å². The number of carbonyl (C=O) groups is 1. The largest absolute Gasteiger partial charge is 0.477 e. The van der Waals surface area contributed by atoms with Crippen molar-refractivity contribution in [2.45, 2.75) is 17.6 Å². The Morgan fingerprint density at radius 3 is 2.94 bits per heavy atom. The van der Waals surface area contributed by atoms with Crippen LogP contribution in [0.25, 0.3) is 10.4 Å². The summed E-state index contributed by atoms with van der Waals surface area (Å²) in [6.45, 7) is 2.06. The zero-order valence-electron chi connectivity index (χ0n) is 9.19. The highest BCUT2D eigenvalue weighted by Gasteiger charge is 2.21. The molecule has 1 aromatic heterocycles. The van der Waals surface area contributed by atoms with Crippen molar-refractivity contribution in [2.24, 2.45) is 0 Å². The van der Waals surface area contributed by atoms with E-state index in [1.54, 1.807) is 17.8 Å². The average Bonchev–Trinajstić information content (AvgIpc) is 2.73. The highest BCUT2D eigenvalue weighted by atomic mass is 32.2. The number of rotatable bonds is 1.